The lowest BCUT2D eigenvalue weighted by Crippen LogP contribution is -2.68. The first kappa shape index (κ1) is 27.9. The lowest BCUT2D eigenvalue weighted by atomic mass is 9.33. The van der Waals surface area contributed by atoms with Crippen LogP contribution in [0.2, 0.25) is 0 Å². The number of carbonyl (C=O) groups is 2. The lowest BCUT2D eigenvalue weighted by Gasteiger charge is -2.70. The highest BCUT2D eigenvalue weighted by Gasteiger charge is 2.72. The zero-order valence-corrected chi connectivity index (χ0v) is 26.6. The lowest BCUT2D eigenvalue weighted by molar-refractivity contribution is -0.180. The number of piperidine rings is 1. The van der Waals surface area contributed by atoms with E-state index in [4.69, 9.17) is 4.52 Å². The van der Waals surface area contributed by atoms with Crippen LogP contribution < -0.4 is 0 Å². The number of carbonyl (C=O) groups excluding carboxylic acids is 2. The van der Waals surface area contributed by atoms with E-state index in [0.717, 1.165) is 62.9 Å². The van der Waals surface area contributed by atoms with Gasteiger partial charge in [0, 0.05) is 24.6 Å². The van der Waals surface area contributed by atoms with Crippen LogP contribution in [0.15, 0.2) is 22.4 Å². The van der Waals surface area contributed by atoms with E-state index in [1.807, 2.05) is 6.20 Å². The van der Waals surface area contributed by atoms with Crippen LogP contribution in [0.3, 0.4) is 0 Å². The van der Waals surface area contributed by atoms with Crippen LogP contribution in [0.25, 0.3) is 0 Å². The Balaban J connectivity index is 1.36. The maximum absolute atomic E-state index is 14.8. The van der Waals surface area contributed by atoms with Crippen molar-refractivity contribution >= 4 is 11.7 Å². The number of likely N-dealkylation sites (tertiary alicyclic amines) is 1. The van der Waals surface area contributed by atoms with Crippen molar-refractivity contribution in [3.05, 3.63) is 29.2 Å². The van der Waals surface area contributed by atoms with E-state index in [9.17, 15) is 9.59 Å². The van der Waals surface area contributed by atoms with Gasteiger partial charge in [0.25, 0.3) is 0 Å². The molecule has 1 aliphatic heterocycles. The fourth-order valence-corrected chi connectivity index (χ4v) is 12.3. The van der Waals surface area contributed by atoms with Crippen molar-refractivity contribution in [2.24, 2.45) is 51.2 Å². The summed E-state index contributed by atoms with van der Waals surface area (Å²) in [6.45, 7) is 18.5. The number of rotatable bonds is 1. The van der Waals surface area contributed by atoms with Crippen molar-refractivity contribution in [3.8, 4) is 0 Å². The van der Waals surface area contributed by atoms with E-state index in [1.54, 1.807) is 0 Å². The third-order valence-corrected chi connectivity index (χ3v) is 14.9. The van der Waals surface area contributed by atoms with Crippen LogP contribution in [0, 0.1) is 51.2 Å². The van der Waals surface area contributed by atoms with Crippen LogP contribution >= 0.6 is 0 Å². The van der Waals surface area contributed by atoms with Gasteiger partial charge in [-0.3, -0.25) is 9.59 Å². The highest BCUT2D eigenvalue weighted by atomic mass is 16.5. The summed E-state index contributed by atoms with van der Waals surface area (Å²) in [6, 6.07) is 0. The first-order valence-corrected chi connectivity index (χ1v) is 16.8. The van der Waals surface area contributed by atoms with Crippen LogP contribution in [-0.2, 0) is 21.4 Å². The molecule has 0 spiro atoms. The van der Waals surface area contributed by atoms with Gasteiger partial charge in [-0.15, -0.1) is 0 Å². The van der Waals surface area contributed by atoms with Crippen molar-refractivity contribution in [3.63, 3.8) is 0 Å². The summed E-state index contributed by atoms with van der Waals surface area (Å²) in [5, 5.41) is 4.26. The Morgan fingerprint density at radius 3 is 2.44 bits per heavy atom. The Kier molecular flexibility index (Phi) is 6.00. The number of fused-ring (bicyclic) bond motifs is 8. The predicted octanol–water partition coefficient (Wildman–Crippen LogP) is 7.54. The van der Waals surface area contributed by atoms with Crippen LogP contribution in [0.1, 0.15) is 118 Å². The molecular formula is C36H52N2O3. The summed E-state index contributed by atoms with van der Waals surface area (Å²) in [5.41, 5.74) is 1.55. The van der Waals surface area contributed by atoms with E-state index in [0.29, 0.717) is 29.0 Å². The van der Waals surface area contributed by atoms with Gasteiger partial charge in [0.2, 0.25) is 5.91 Å². The maximum Gasteiger partial charge on any atom is 0.236 e. The highest BCUT2D eigenvalue weighted by Crippen LogP contribution is 2.74. The third kappa shape index (κ3) is 3.38. The molecule has 5 aliphatic carbocycles. The molecule has 0 bridgehead atoms. The molecule has 1 aromatic heterocycles. The SMILES string of the molecule is C[C@H]1[C@H](C)CC[C@]2(C)CC[C@]3(C)C(=CC(=O)[C@@H]4[C@@]5(C)Cc6cnoc6[C@](C)(C(=O)N6CCCCC6)[C@@H]5CC[C@]43C)[C@H]12. The van der Waals surface area contributed by atoms with Gasteiger partial charge < -0.3 is 9.42 Å². The first-order valence-electron chi connectivity index (χ1n) is 16.8. The number of aromatic nitrogens is 1. The van der Waals surface area contributed by atoms with Gasteiger partial charge in [-0.2, -0.15) is 0 Å². The topological polar surface area (TPSA) is 63.4 Å². The summed E-state index contributed by atoms with van der Waals surface area (Å²) >= 11 is 0. The molecular weight excluding hydrogens is 508 g/mol. The molecule has 41 heavy (non-hydrogen) atoms. The fraction of sp³-hybridized carbons (Fsp3) is 0.806. The van der Waals surface area contributed by atoms with Gasteiger partial charge in [0.15, 0.2) is 11.5 Å². The number of allylic oxidation sites excluding steroid dienone is 2. The van der Waals surface area contributed by atoms with Gasteiger partial charge in [-0.1, -0.05) is 52.3 Å². The number of hydrogen-bond donors (Lipinski definition) is 0. The summed E-state index contributed by atoms with van der Waals surface area (Å²) in [7, 11) is 0. The second-order valence-electron chi connectivity index (χ2n) is 16.7. The molecule has 10 atom stereocenters. The normalized spacial score (nSPS) is 49.1. The molecule has 1 saturated heterocycles. The molecule has 7 rings (SSSR count). The molecule has 5 heteroatoms. The van der Waals surface area contributed by atoms with E-state index >= 15 is 0 Å². The van der Waals surface area contributed by atoms with Crippen molar-refractivity contribution in [2.75, 3.05) is 13.1 Å². The average molecular weight is 561 g/mol. The molecule has 224 valence electrons. The number of nitrogens with zero attached hydrogens (tertiary/aromatic N) is 2. The Labute approximate surface area is 247 Å². The molecule has 6 aliphatic rings. The van der Waals surface area contributed by atoms with Gasteiger partial charge in [-0.05, 0) is 123 Å². The zero-order valence-electron chi connectivity index (χ0n) is 26.6. The van der Waals surface area contributed by atoms with Gasteiger partial charge >= 0.3 is 0 Å². The minimum atomic E-state index is -0.791. The molecule has 5 nitrogen and oxygen atoms in total. The largest absolute Gasteiger partial charge is 0.360 e. The Morgan fingerprint density at radius 1 is 0.976 bits per heavy atom. The summed E-state index contributed by atoms with van der Waals surface area (Å²) < 4.78 is 5.97. The van der Waals surface area contributed by atoms with E-state index in [1.165, 1.54) is 31.3 Å². The summed E-state index contributed by atoms with van der Waals surface area (Å²) in [5.74, 6) is 3.00. The molecule has 0 unspecified atom stereocenters. The minimum absolute atomic E-state index is 0.00272. The van der Waals surface area contributed by atoms with Crippen LogP contribution in [0.4, 0.5) is 0 Å². The second kappa shape index (κ2) is 8.82. The second-order valence-corrected chi connectivity index (χ2v) is 16.7. The summed E-state index contributed by atoms with van der Waals surface area (Å²) in [4.78, 5) is 31.4. The fourth-order valence-electron chi connectivity index (χ4n) is 12.3. The van der Waals surface area contributed by atoms with Crippen molar-refractivity contribution in [1.29, 1.82) is 0 Å². The third-order valence-electron chi connectivity index (χ3n) is 14.9. The summed E-state index contributed by atoms with van der Waals surface area (Å²) in [6.07, 6.45) is 15.0. The molecule has 1 aromatic rings. The van der Waals surface area contributed by atoms with Crippen molar-refractivity contribution < 1.29 is 14.1 Å². The molecule has 0 N–H and O–H groups in total. The number of hydrogen-bond acceptors (Lipinski definition) is 4. The molecule has 0 aromatic carbocycles. The molecule has 4 fully saturated rings. The highest BCUT2D eigenvalue weighted by molar-refractivity contribution is 5.96. The molecule has 0 radical (unpaired) electrons. The zero-order chi connectivity index (χ0) is 29.2. The standard InChI is InChI=1S/C36H52N2O3/c1-22-11-13-32(3)15-16-34(5)25(28(32)23(22)2)19-26(39)29-33(4)20-24-21-37-41-30(24)36(7,27(33)12-14-35(29,34)6)31(40)38-17-9-8-10-18-38/h19,21-23,27-29H,8-18,20H2,1-7H3/t22-,23+,27-,28+,29-,32-,33+,34-,35-,36-/m1/s1. The Bertz CT molecular complexity index is 1310. The smallest absolute Gasteiger partial charge is 0.236 e. The van der Waals surface area contributed by atoms with Crippen LogP contribution in [0.5, 0.6) is 0 Å². The van der Waals surface area contributed by atoms with E-state index in [-0.39, 0.29) is 34.0 Å². The first-order chi connectivity index (χ1) is 19.3. The van der Waals surface area contributed by atoms with E-state index < -0.39 is 5.41 Å². The Hall–Kier alpha value is -1.91. The van der Waals surface area contributed by atoms with E-state index in [2.05, 4.69) is 64.6 Å². The predicted molar refractivity (Wildman–Crippen MR) is 160 cm³/mol. The van der Waals surface area contributed by atoms with Gasteiger partial charge in [0.1, 0.15) is 5.41 Å². The van der Waals surface area contributed by atoms with Gasteiger partial charge in [0.05, 0.1) is 6.20 Å². The quantitative estimate of drug-likeness (QED) is 0.356. The van der Waals surface area contributed by atoms with Crippen molar-refractivity contribution in [2.45, 2.75) is 118 Å². The number of amides is 1. The van der Waals surface area contributed by atoms with Crippen LogP contribution in [-0.4, -0.2) is 34.8 Å². The maximum atomic E-state index is 14.8. The molecule has 1 amide bonds. The minimum Gasteiger partial charge on any atom is -0.360 e. The van der Waals surface area contributed by atoms with Crippen molar-refractivity contribution in [1.82, 2.24) is 10.1 Å². The average Bonchev–Trinajstić information content (AvgIpc) is 3.41. The Morgan fingerprint density at radius 2 is 1.71 bits per heavy atom. The molecule has 2 heterocycles. The molecule has 3 saturated carbocycles. The number of ketones is 1. The van der Waals surface area contributed by atoms with Gasteiger partial charge in [-0.25, -0.2) is 0 Å². The monoisotopic (exact) mass is 560 g/mol.